The van der Waals surface area contributed by atoms with E-state index < -0.39 is 0 Å². The summed E-state index contributed by atoms with van der Waals surface area (Å²) in [6, 6.07) is 14.2. The van der Waals surface area contributed by atoms with E-state index >= 15 is 0 Å². The van der Waals surface area contributed by atoms with E-state index in [1.54, 1.807) is 12.1 Å². The highest BCUT2D eigenvalue weighted by atomic mass is 19.1. The van der Waals surface area contributed by atoms with E-state index in [0.717, 1.165) is 5.56 Å². The van der Waals surface area contributed by atoms with Crippen molar-refractivity contribution in [1.29, 1.82) is 0 Å². The quantitative estimate of drug-likeness (QED) is 0.880. The van der Waals surface area contributed by atoms with Gasteiger partial charge in [-0.3, -0.25) is 0 Å². The van der Waals surface area contributed by atoms with Crippen molar-refractivity contribution in [3.8, 4) is 0 Å². The van der Waals surface area contributed by atoms with Crippen molar-refractivity contribution in [2.24, 2.45) is 0 Å². The number of hydrogen-bond acceptors (Lipinski definition) is 2. The Balaban J connectivity index is 2.18. The molecule has 0 saturated carbocycles. The Morgan fingerprint density at radius 1 is 1.10 bits per heavy atom. The van der Waals surface area contributed by atoms with E-state index in [4.69, 9.17) is 0 Å². The SMILES string of the molecule is CC(C)(C)c1ccc(C(CO)Nc2cccc(F)c2)cc1. The molecule has 2 aromatic carbocycles. The van der Waals surface area contributed by atoms with Crippen LogP contribution in [0, 0.1) is 5.82 Å². The average molecular weight is 287 g/mol. The van der Waals surface area contributed by atoms with Gasteiger partial charge in [-0.15, -0.1) is 0 Å². The van der Waals surface area contributed by atoms with Gasteiger partial charge >= 0.3 is 0 Å². The maximum atomic E-state index is 13.2. The van der Waals surface area contributed by atoms with Crippen molar-refractivity contribution in [1.82, 2.24) is 0 Å². The number of hydrogen-bond donors (Lipinski definition) is 2. The Kier molecular flexibility index (Phi) is 4.63. The Morgan fingerprint density at radius 3 is 2.29 bits per heavy atom. The number of benzene rings is 2. The first-order chi connectivity index (χ1) is 9.90. The van der Waals surface area contributed by atoms with Gasteiger partial charge in [0.1, 0.15) is 5.82 Å². The minimum Gasteiger partial charge on any atom is -0.394 e. The molecule has 0 aliphatic heterocycles. The van der Waals surface area contributed by atoms with Gasteiger partial charge in [0.25, 0.3) is 0 Å². The van der Waals surface area contributed by atoms with Crippen molar-refractivity contribution >= 4 is 5.69 Å². The van der Waals surface area contributed by atoms with E-state index in [9.17, 15) is 9.50 Å². The lowest BCUT2D eigenvalue weighted by Gasteiger charge is -2.22. The predicted octanol–water partition coefficient (Wildman–Crippen LogP) is 4.27. The molecule has 2 N–H and O–H groups in total. The molecule has 0 aliphatic carbocycles. The van der Waals surface area contributed by atoms with Gasteiger partial charge in [-0.05, 0) is 34.7 Å². The molecule has 112 valence electrons. The van der Waals surface area contributed by atoms with E-state index in [-0.39, 0.29) is 23.9 Å². The lowest BCUT2D eigenvalue weighted by atomic mass is 9.86. The van der Waals surface area contributed by atoms with Crippen LogP contribution < -0.4 is 5.32 Å². The van der Waals surface area contributed by atoms with Crippen LogP contribution in [0.15, 0.2) is 48.5 Å². The van der Waals surface area contributed by atoms with Crippen LogP contribution in [0.2, 0.25) is 0 Å². The highest BCUT2D eigenvalue weighted by Crippen LogP contribution is 2.25. The number of nitrogens with one attached hydrogen (secondary N) is 1. The summed E-state index contributed by atoms with van der Waals surface area (Å²) < 4.78 is 13.2. The van der Waals surface area contributed by atoms with E-state index in [2.05, 4.69) is 38.2 Å². The molecule has 2 nitrogen and oxygen atoms in total. The van der Waals surface area contributed by atoms with Crippen molar-refractivity contribution < 1.29 is 9.50 Å². The zero-order valence-electron chi connectivity index (χ0n) is 12.7. The molecular weight excluding hydrogens is 265 g/mol. The van der Waals surface area contributed by atoms with Crippen molar-refractivity contribution in [2.45, 2.75) is 32.2 Å². The minimum atomic E-state index is -0.292. The van der Waals surface area contributed by atoms with Crippen LogP contribution in [0.4, 0.5) is 10.1 Å². The fraction of sp³-hybridized carbons (Fsp3) is 0.333. The summed E-state index contributed by atoms with van der Waals surface area (Å²) in [5.74, 6) is -0.292. The van der Waals surface area contributed by atoms with Crippen molar-refractivity contribution in [3.63, 3.8) is 0 Å². The first-order valence-electron chi connectivity index (χ1n) is 7.13. The maximum Gasteiger partial charge on any atom is 0.125 e. The molecule has 0 aliphatic rings. The molecule has 0 amide bonds. The summed E-state index contributed by atoms with van der Waals surface area (Å²) >= 11 is 0. The second kappa shape index (κ2) is 6.27. The Labute approximate surface area is 125 Å². The standard InChI is InChI=1S/C18H22FNO/c1-18(2,3)14-9-7-13(8-10-14)17(12-21)20-16-6-4-5-15(19)11-16/h4-11,17,20-21H,12H2,1-3H3. The molecular formula is C18H22FNO. The molecule has 0 radical (unpaired) electrons. The van der Waals surface area contributed by atoms with E-state index in [1.807, 2.05) is 12.1 Å². The Bertz CT molecular complexity index is 587. The average Bonchev–Trinajstić information content (AvgIpc) is 2.44. The largest absolute Gasteiger partial charge is 0.394 e. The molecule has 21 heavy (non-hydrogen) atoms. The number of halogens is 1. The van der Waals surface area contributed by atoms with Crippen LogP contribution in [0.1, 0.15) is 37.9 Å². The Hall–Kier alpha value is -1.87. The van der Waals surface area contributed by atoms with Gasteiger partial charge in [0.2, 0.25) is 0 Å². The lowest BCUT2D eigenvalue weighted by molar-refractivity contribution is 0.276. The topological polar surface area (TPSA) is 32.3 Å². The second-order valence-corrected chi connectivity index (χ2v) is 6.26. The zero-order valence-corrected chi connectivity index (χ0v) is 12.7. The van der Waals surface area contributed by atoms with Crippen LogP contribution in [0.3, 0.4) is 0 Å². The van der Waals surface area contributed by atoms with E-state index in [0.29, 0.717) is 5.69 Å². The summed E-state index contributed by atoms with van der Waals surface area (Å²) in [6.45, 7) is 6.44. The van der Waals surface area contributed by atoms with Gasteiger partial charge in [0.15, 0.2) is 0 Å². The smallest absolute Gasteiger partial charge is 0.125 e. The predicted molar refractivity (Wildman–Crippen MR) is 85.0 cm³/mol. The van der Waals surface area contributed by atoms with Crippen molar-refractivity contribution in [2.75, 3.05) is 11.9 Å². The molecule has 3 heteroatoms. The third-order valence-corrected chi connectivity index (χ3v) is 3.53. The number of rotatable bonds is 4. The molecule has 0 aromatic heterocycles. The van der Waals surface area contributed by atoms with Crippen molar-refractivity contribution in [3.05, 3.63) is 65.5 Å². The molecule has 2 rings (SSSR count). The molecule has 1 unspecified atom stereocenters. The lowest BCUT2D eigenvalue weighted by Crippen LogP contribution is -2.16. The molecule has 0 bridgehead atoms. The molecule has 0 fully saturated rings. The third-order valence-electron chi connectivity index (χ3n) is 3.53. The molecule has 0 spiro atoms. The molecule has 2 aromatic rings. The summed E-state index contributed by atoms with van der Waals surface area (Å²) in [5.41, 5.74) is 2.99. The summed E-state index contributed by atoms with van der Waals surface area (Å²) in [5, 5.41) is 12.7. The number of aliphatic hydroxyl groups is 1. The van der Waals surface area contributed by atoms with Gasteiger partial charge in [-0.1, -0.05) is 51.1 Å². The maximum absolute atomic E-state index is 13.2. The normalized spacial score (nSPS) is 13.0. The van der Waals surface area contributed by atoms with Gasteiger partial charge in [0, 0.05) is 5.69 Å². The minimum absolute atomic E-state index is 0.0502. The summed E-state index contributed by atoms with van der Waals surface area (Å²) in [7, 11) is 0. The van der Waals surface area contributed by atoms with Gasteiger partial charge in [-0.2, -0.15) is 0 Å². The third kappa shape index (κ3) is 4.05. The van der Waals surface area contributed by atoms with E-state index in [1.165, 1.54) is 17.7 Å². The van der Waals surface area contributed by atoms with Crippen LogP contribution >= 0.6 is 0 Å². The monoisotopic (exact) mass is 287 g/mol. The van der Waals surface area contributed by atoms with Gasteiger partial charge in [-0.25, -0.2) is 4.39 Å². The summed E-state index contributed by atoms with van der Waals surface area (Å²) in [6.07, 6.45) is 0. The van der Waals surface area contributed by atoms with Crippen LogP contribution in [0.5, 0.6) is 0 Å². The van der Waals surface area contributed by atoms with Gasteiger partial charge < -0.3 is 10.4 Å². The number of aliphatic hydroxyl groups excluding tert-OH is 1. The summed E-state index contributed by atoms with van der Waals surface area (Å²) in [4.78, 5) is 0. The molecule has 0 heterocycles. The van der Waals surface area contributed by atoms with Crippen LogP contribution in [-0.4, -0.2) is 11.7 Å². The second-order valence-electron chi connectivity index (χ2n) is 6.26. The fourth-order valence-electron chi connectivity index (χ4n) is 2.23. The van der Waals surface area contributed by atoms with Gasteiger partial charge in [0.05, 0.1) is 12.6 Å². The molecule has 1 atom stereocenters. The first-order valence-corrected chi connectivity index (χ1v) is 7.13. The Morgan fingerprint density at radius 2 is 1.76 bits per heavy atom. The van der Waals surface area contributed by atoms with Crippen LogP contribution in [0.25, 0.3) is 0 Å². The van der Waals surface area contributed by atoms with Crippen LogP contribution in [-0.2, 0) is 5.41 Å². The fourth-order valence-corrected chi connectivity index (χ4v) is 2.23. The first kappa shape index (κ1) is 15.5. The molecule has 0 saturated heterocycles. The zero-order chi connectivity index (χ0) is 15.5. The number of anilines is 1. The highest BCUT2D eigenvalue weighted by molar-refractivity contribution is 5.46. The highest BCUT2D eigenvalue weighted by Gasteiger charge is 2.15.